The van der Waals surface area contributed by atoms with Crippen molar-refractivity contribution in [3.05, 3.63) is 93.2 Å². The molecule has 3 aromatic carbocycles. The quantitative estimate of drug-likeness (QED) is 0.327. The van der Waals surface area contributed by atoms with Crippen LogP contribution in [0.2, 0.25) is 0 Å². The number of fused-ring (bicyclic) bond motifs is 1. The van der Waals surface area contributed by atoms with Gasteiger partial charge in [0.1, 0.15) is 5.75 Å². The first-order valence-corrected chi connectivity index (χ1v) is 10.9. The second-order valence-electron chi connectivity index (χ2n) is 7.21. The first-order valence-electron chi connectivity index (χ1n) is 10.1. The van der Waals surface area contributed by atoms with Gasteiger partial charge in [0, 0.05) is 5.56 Å². The van der Waals surface area contributed by atoms with Gasteiger partial charge in [0.2, 0.25) is 0 Å². The topological polar surface area (TPSA) is 56.5 Å². The first-order chi connectivity index (χ1) is 15.1. The highest BCUT2D eigenvalue weighted by Crippen LogP contribution is 2.27. The standard InChI is InChI=1S/C25H22BrN3O2/c1-3-17(2)31-23-14-13-18(15-21(23)26)16-27-29-24(19-9-5-4-6-10-19)28-22-12-8-7-11-20(22)25(29)30/h4-17H,3H2,1-2H3/t17-/m0/s1. The fraction of sp³-hybridized carbons (Fsp3) is 0.160. The van der Waals surface area contributed by atoms with Gasteiger partial charge in [-0.15, -0.1) is 0 Å². The molecule has 5 nitrogen and oxygen atoms in total. The number of aromatic nitrogens is 2. The Hall–Kier alpha value is -3.25. The van der Waals surface area contributed by atoms with Crippen molar-refractivity contribution in [2.75, 3.05) is 0 Å². The molecule has 0 aliphatic heterocycles. The summed E-state index contributed by atoms with van der Waals surface area (Å²) in [4.78, 5) is 17.9. The van der Waals surface area contributed by atoms with Crippen molar-refractivity contribution in [3.63, 3.8) is 0 Å². The highest BCUT2D eigenvalue weighted by atomic mass is 79.9. The minimum Gasteiger partial charge on any atom is -0.490 e. The van der Waals surface area contributed by atoms with Gasteiger partial charge in [-0.2, -0.15) is 9.78 Å². The Balaban J connectivity index is 1.77. The molecule has 1 heterocycles. The Bertz CT molecular complexity index is 1300. The van der Waals surface area contributed by atoms with Crippen LogP contribution in [0.5, 0.6) is 5.75 Å². The predicted molar refractivity (Wildman–Crippen MR) is 129 cm³/mol. The highest BCUT2D eigenvalue weighted by molar-refractivity contribution is 9.10. The van der Waals surface area contributed by atoms with Crippen LogP contribution in [-0.2, 0) is 0 Å². The Morgan fingerprint density at radius 3 is 2.58 bits per heavy atom. The van der Waals surface area contributed by atoms with E-state index in [0.717, 1.165) is 27.8 Å². The van der Waals surface area contributed by atoms with Gasteiger partial charge in [-0.05, 0) is 65.2 Å². The molecule has 0 saturated heterocycles. The molecule has 1 atom stereocenters. The van der Waals surface area contributed by atoms with E-state index in [1.54, 1.807) is 12.3 Å². The Morgan fingerprint density at radius 1 is 1.10 bits per heavy atom. The molecule has 0 spiro atoms. The Kier molecular flexibility index (Phi) is 6.28. The molecular formula is C25H22BrN3O2. The summed E-state index contributed by atoms with van der Waals surface area (Å²) in [6.45, 7) is 4.12. The van der Waals surface area contributed by atoms with Crippen LogP contribution in [-0.4, -0.2) is 22.0 Å². The number of halogens is 1. The molecular weight excluding hydrogens is 454 g/mol. The van der Waals surface area contributed by atoms with Crippen LogP contribution in [0.4, 0.5) is 0 Å². The van der Waals surface area contributed by atoms with E-state index in [-0.39, 0.29) is 11.7 Å². The fourth-order valence-electron chi connectivity index (χ4n) is 3.12. The van der Waals surface area contributed by atoms with Crippen molar-refractivity contribution >= 4 is 33.0 Å². The van der Waals surface area contributed by atoms with E-state index in [0.29, 0.717) is 16.7 Å². The van der Waals surface area contributed by atoms with Crippen LogP contribution >= 0.6 is 15.9 Å². The zero-order chi connectivity index (χ0) is 21.8. The normalized spacial score (nSPS) is 12.4. The van der Waals surface area contributed by atoms with Gasteiger partial charge in [0.25, 0.3) is 5.56 Å². The van der Waals surface area contributed by atoms with Gasteiger partial charge < -0.3 is 4.74 Å². The SMILES string of the molecule is CC[C@H](C)Oc1ccc(C=Nn2c(-c3ccccc3)nc3ccccc3c2=O)cc1Br. The molecule has 0 radical (unpaired) electrons. The van der Waals surface area contributed by atoms with Crippen LogP contribution in [0.3, 0.4) is 0 Å². The molecule has 0 fully saturated rings. The van der Waals surface area contributed by atoms with Crippen LogP contribution in [0.1, 0.15) is 25.8 Å². The van der Waals surface area contributed by atoms with Gasteiger partial charge in [0.05, 0.1) is 27.7 Å². The summed E-state index contributed by atoms with van der Waals surface area (Å²) in [5.41, 5.74) is 2.09. The molecule has 4 rings (SSSR count). The lowest BCUT2D eigenvalue weighted by molar-refractivity contribution is 0.216. The highest BCUT2D eigenvalue weighted by Gasteiger charge is 2.12. The fourth-order valence-corrected chi connectivity index (χ4v) is 3.61. The third-order valence-corrected chi connectivity index (χ3v) is 5.59. The Morgan fingerprint density at radius 2 is 1.84 bits per heavy atom. The van der Waals surface area contributed by atoms with Crippen LogP contribution in [0.15, 0.2) is 87.2 Å². The van der Waals surface area contributed by atoms with Crippen LogP contribution in [0.25, 0.3) is 22.3 Å². The molecule has 4 aromatic rings. The average molecular weight is 476 g/mol. The smallest absolute Gasteiger partial charge is 0.282 e. The molecule has 6 heteroatoms. The van der Waals surface area contributed by atoms with Crippen molar-refractivity contribution in [3.8, 4) is 17.1 Å². The van der Waals surface area contributed by atoms with E-state index in [9.17, 15) is 4.79 Å². The van der Waals surface area contributed by atoms with Crippen molar-refractivity contribution < 1.29 is 4.74 Å². The van der Waals surface area contributed by atoms with E-state index >= 15 is 0 Å². The van der Waals surface area contributed by atoms with Gasteiger partial charge in [-0.1, -0.05) is 49.4 Å². The maximum absolute atomic E-state index is 13.2. The lowest BCUT2D eigenvalue weighted by Gasteiger charge is -2.14. The van der Waals surface area contributed by atoms with E-state index in [2.05, 4.69) is 28.0 Å². The second kappa shape index (κ2) is 9.27. The minimum atomic E-state index is -0.212. The third-order valence-electron chi connectivity index (χ3n) is 4.97. The molecule has 0 N–H and O–H groups in total. The van der Waals surface area contributed by atoms with Crippen molar-refractivity contribution in [1.82, 2.24) is 9.66 Å². The van der Waals surface area contributed by atoms with Crippen molar-refractivity contribution in [2.24, 2.45) is 5.10 Å². The molecule has 1 aromatic heterocycles. The molecule has 0 bridgehead atoms. The zero-order valence-electron chi connectivity index (χ0n) is 17.3. The molecule has 31 heavy (non-hydrogen) atoms. The number of nitrogens with zero attached hydrogens (tertiary/aromatic N) is 3. The zero-order valence-corrected chi connectivity index (χ0v) is 18.9. The molecule has 0 amide bonds. The summed E-state index contributed by atoms with van der Waals surface area (Å²) in [5, 5.41) is 5.03. The number of hydrogen-bond acceptors (Lipinski definition) is 4. The summed E-state index contributed by atoms with van der Waals surface area (Å²) < 4.78 is 8.09. The van der Waals surface area contributed by atoms with E-state index in [1.807, 2.05) is 73.7 Å². The summed E-state index contributed by atoms with van der Waals surface area (Å²) in [6.07, 6.45) is 2.71. The number of para-hydroxylation sites is 1. The number of rotatable bonds is 6. The molecule has 0 aliphatic rings. The number of ether oxygens (including phenoxy) is 1. The molecule has 0 aliphatic carbocycles. The summed E-state index contributed by atoms with van der Waals surface area (Å²) in [5.74, 6) is 1.28. The first kappa shape index (κ1) is 21.0. The van der Waals surface area contributed by atoms with Crippen molar-refractivity contribution in [2.45, 2.75) is 26.4 Å². The van der Waals surface area contributed by atoms with E-state index in [1.165, 1.54) is 4.68 Å². The summed E-state index contributed by atoms with van der Waals surface area (Å²) in [6, 6.07) is 22.6. The maximum atomic E-state index is 13.2. The maximum Gasteiger partial charge on any atom is 0.282 e. The largest absolute Gasteiger partial charge is 0.490 e. The third kappa shape index (κ3) is 4.59. The second-order valence-corrected chi connectivity index (χ2v) is 8.06. The lowest BCUT2D eigenvalue weighted by atomic mass is 10.2. The lowest BCUT2D eigenvalue weighted by Crippen LogP contribution is -2.20. The summed E-state index contributed by atoms with van der Waals surface area (Å²) in [7, 11) is 0. The molecule has 0 unspecified atom stereocenters. The monoisotopic (exact) mass is 475 g/mol. The number of hydrogen-bond donors (Lipinski definition) is 0. The van der Waals surface area contributed by atoms with E-state index in [4.69, 9.17) is 9.72 Å². The summed E-state index contributed by atoms with van der Waals surface area (Å²) >= 11 is 3.56. The van der Waals surface area contributed by atoms with Gasteiger partial charge >= 0.3 is 0 Å². The predicted octanol–water partition coefficient (Wildman–Crippen LogP) is 5.89. The number of benzene rings is 3. The van der Waals surface area contributed by atoms with Gasteiger partial charge in [-0.3, -0.25) is 4.79 Å². The molecule has 0 saturated carbocycles. The van der Waals surface area contributed by atoms with Crippen molar-refractivity contribution in [1.29, 1.82) is 0 Å². The molecule has 156 valence electrons. The van der Waals surface area contributed by atoms with Gasteiger partial charge in [0.15, 0.2) is 5.82 Å². The van der Waals surface area contributed by atoms with Gasteiger partial charge in [-0.25, -0.2) is 4.98 Å². The van der Waals surface area contributed by atoms with Crippen LogP contribution < -0.4 is 10.3 Å². The Labute approximate surface area is 189 Å². The average Bonchev–Trinajstić information content (AvgIpc) is 2.80. The van der Waals surface area contributed by atoms with E-state index < -0.39 is 0 Å². The minimum absolute atomic E-state index is 0.131. The van der Waals surface area contributed by atoms with Crippen LogP contribution in [0, 0.1) is 0 Å².